The highest BCUT2D eigenvalue weighted by molar-refractivity contribution is 5.76. The number of nitrogens with one attached hydrogen (secondary N) is 1. The molecule has 3 aromatic heterocycles. The maximum atomic E-state index is 12.2. The van der Waals surface area contributed by atoms with Gasteiger partial charge in [0.05, 0.1) is 0 Å². The minimum atomic E-state index is -0.298. The monoisotopic (exact) mass is 340 g/mol. The molecule has 1 amide bonds. The summed E-state index contributed by atoms with van der Waals surface area (Å²) >= 11 is 0. The van der Waals surface area contributed by atoms with E-state index in [4.69, 9.17) is 0 Å². The molecule has 1 N–H and O–H groups in total. The third-order valence-electron chi connectivity index (χ3n) is 4.13. The summed E-state index contributed by atoms with van der Waals surface area (Å²) in [4.78, 5) is 30.2. The van der Waals surface area contributed by atoms with Gasteiger partial charge in [0.15, 0.2) is 5.82 Å². The molecule has 1 saturated heterocycles. The van der Waals surface area contributed by atoms with Crippen LogP contribution in [0, 0.1) is 0 Å². The van der Waals surface area contributed by atoms with E-state index in [1.807, 2.05) is 4.40 Å². The van der Waals surface area contributed by atoms with Gasteiger partial charge >= 0.3 is 0 Å². The topological polar surface area (TPSA) is 110 Å². The lowest BCUT2D eigenvalue weighted by molar-refractivity contribution is -0.122. The molecule has 128 valence electrons. The summed E-state index contributed by atoms with van der Waals surface area (Å²) in [5.74, 6) is 0.513. The van der Waals surface area contributed by atoms with Gasteiger partial charge in [0, 0.05) is 43.8 Å². The van der Waals surface area contributed by atoms with Crippen molar-refractivity contribution in [2.45, 2.75) is 19.0 Å². The van der Waals surface area contributed by atoms with Crippen LogP contribution in [0.25, 0.3) is 5.65 Å². The lowest BCUT2D eigenvalue weighted by atomic mass is 10.2. The second-order valence-corrected chi connectivity index (χ2v) is 5.83. The summed E-state index contributed by atoms with van der Waals surface area (Å²) in [6.45, 7) is 1.30. The molecule has 25 heavy (non-hydrogen) atoms. The van der Waals surface area contributed by atoms with Gasteiger partial charge in [0.25, 0.3) is 5.56 Å². The number of rotatable bonds is 4. The smallest absolute Gasteiger partial charge is 0.267 e. The summed E-state index contributed by atoms with van der Waals surface area (Å²) in [5.41, 5.74) is 0.392. The minimum Gasteiger partial charge on any atom is -0.351 e. The average Bonchev–Trinajstić information content (AvgIpc) is 3.25. The normalized spacial score (nSPS) is 17.1. The fraction of sp³-hybridized carbons (Fsp3) is 0.333. The standard InChI is InChI=1S/C15H16N8O2/c24-12(9-23-13(25)2-1-4-18-23)19-11-3-6-21(8-11)14-15-20-17-10-22(15)7-5-16-14/h1-2,4-5,7,10-11H,3,6,8-9H2,(H,19,24)/t11-/m0/s1. The molecule has 0 unspecified atom stereocenters. The summed E-state index contributed by atoms with van der Waals surface area (Å²) in [5, 5.41) is 14.8. The van der Waals surface area contributed by atoms with Crippen molar-refractivity contribution >= 4 is 17.4 Å². The second-order valence-electron chi connectivity index (χ2n) is 5.83. The highest BCUT2D eigenvalue weighted by Crippen LogP contribution is 2.21. The van der Waals surface area contributed by atoms with Crippen LogP contribution in [0.5, 0.6) is 0 Å². The first-order chi connectivity index (χ1) is 12.2. The highest BCUT2D eigenvalue weighted by Gasteiger charge is 2.26. The molecule has 0 radical (unpaired) electrons. The SMILES string of the molecule is O=C(Cn1ncccc1=O)N[C@H]1CCN(c2nccn3cnnc23)C1. The molecule has 0 aromatic carbocycles. The van der Waals surface area contributed by atoms with E-state index in [0.717, 1.165) is 23.5 Å². The van der Waals surface area contributed by atoms with Crippen molar-refractivity contribution in [2.75, 3.05) is 18.0 Å². The Morgan fingerprint density at radius 1 is 1.36 bits per heavy atom. The number of nitrogens with zero attached hydrogens (tertiary/aromatic N) is 7. The first-order valence-corrected chi connectivity index (χ1v) is 7.91. The lowest BCUT2D eigenvalue weighted by Crippen LogP contribution is -2.40. The van der Waals surface area contributed by atoms with Gasteiger partial charge in [-0.25, -0.2) is 9.67 Å². The van der Waals surface area contributed by atoms with Crippen LogP contribution in [0.4, 0.5) is 5.82 Å². The van der Waals surface area contributed by atoms with E-state index in [0.29, 0.717) is 12.2 Å². The van der Waals surface area contributed by atoms with Gasteiger partial charge in [0.2, 0.25) is 11.6 Å². The molecule has 10 nitrogen and oxygen atoms in total. The number of anilines is 1. The zero-order valence-electron chi connectivity index (χ0n) is 13.3. The largest absolute Gasteiger partial charge is 0.351 e. The van der Waals surface area contributed by atoms with Gasteiger partial charge in [-0.3, -0.25) is 14.0 Å². The van der Waals surface area contributed by atoms with Crippen LogP contribution in [0.1, 0.15) is 6.42 Å². The van der Waals surface area contributed by atoms with E-state index in [9.17, 15) is 9.59 Å². The predicted molar refractivity (Wildman–Crippen MR) is 88.0 cm³/mol. The predicted octanol–water partition coefficient (Wildman–Crippen LogP) is -0.924. The van der Waals surface area contributed by atoms with Crippen molar-refractivity contribution < 1.29 is 4.79 Å². The molecule has 1 aliphatic heterocycles. The molecule has 0 bridgehead atoms. The van der Waals surface area contributed by atoms with Crippen molar-refractivity contribution in [1.82, 2.24) is 34.7 Å². The maximum Gasteiger partial charge on any atom is 0.267 e. The van der Waals surface area contributed by atoms with Crippen molar-refractivity contribution in [2.24, 2.45) is 0 Å². The van der Waals surface area contributed by atoms with E-state index in [-0.39, 0.29) is 24.1 Å². The number of carbonyl (C=O) groups excluding carboxylic acids is 1. The van der Waals surface area contributed by atoms with E-state index < -0.39 is 0 Å². The Balaban J connectivity index is 1.41. The van der Waals surface area contributed by atoms with Crippen LogP contribution in [0.3, 0.4) is 0 Å². The van der Waals surface area contributed by atoms with E-state index in [1.165, 1.54) is 12.3 Å². The molecule has 4 heterocycles. The Morgan fingerprint density at radius 3 is 3.16 bits per heavy atom. The first-order valence-electron chi connectivity index (χ1n) is 7.91. The molecule has 3 aromatic rings. The number of fused-ring (bicyclic) bond motifs is 1. The number of aromatic nitrogens is 6. The van der Waals surface area contributed by atoms with Crippen molar-refractivity contribution in [1.29, 1.82) is 0 Å². The van der Waals surface area contributed by atoms with Crippen LogP contribution < -0.4 is 15.8 Å². The third kappa shape index (κ3) is 3.05. The number of carbonyl (C=O) groups is 1. The molecule has 0 saturated carbocycles. The van der Waals surface area contributed by atoms with Crippen LogP contribution in [0.2, 0.25) is 0 Å². The Morgan fingerprint density at radius 2 is 2.28 bits per heavy atom. The Labute approximate surface area is 142 Å². The van der Waals surface area contributed by atoms with Gasteiger partial charge in [-0.15, -0.1) is 10.2 Å². The minimum absolute atomic E-state index is 0.0168. The first kappa shape index (κ1) is 15.2. The van der Waals surface area contributed by atoms with E-state index >= 15 is 0 Å². The molecule has 10 heteroatoms. The summed E-state index contributed by atoms with van der Waals surface area (Å²) in [6.07, 6.45) is 7.39. The Bertz CT molecular complexity index is 965. The number of amides is 1. The van der Waals surface area contributed by atoms with Crippen molar-refractivity contribution in [3.05, 3.63) is 47.4 Å². The van der Waals surface area contributed by atoms with Crippen molar-refractivity contribution in [3.63, 3.8) is 0 Å². The maximum absolute atomic E-state index is 12.2. The molecule has 0 spiro atoms. The highest BCUT2D eigenvalue weighted by atomic mass is 16.2. The zero-order valence-corrected chi connectivity index (χ0v) is 13.3. The van der Waals surface area contributed by atoms with E-state index in [1.54, 1.807) is 24.8 Å². The Kier molecular flexibility index (Phi) is 3.84. The average molecular weight is 340 g/mol. The molecular formula is C15H16N8O2. The van der Waals surface area contributed by atoms with Crippen LogP contribution in [-0.4, -0.2) is 54.4 Å². The van der Waals surface area contributed by atoms with E-state index in [2.05, 4.69) is 30.5 Å². The number of hydrogen-bond acceptors (Lipinski definition) is 7. The van der Waals surface area contributed by atoms with Crippen LogP contribution >= 0.6 is 0 Å². The van der Waals surface area contributed by atoms with Crippen molar-refractivity contribution in [3.8, 4) is 0 Å². The van der Waals surface area contributed by atoms with Gasteiger partial charge in [-0.05, 0) is 12.5 Å². The number of hydrogen-bond donors (Lipinski definition) is 1. The fourth-order valence-electron chi connectivity index (χ4n) is 2.95. The van der Waals surface area contributed by atoms with Crippen LogP contribution in [0.15, 0.2) is 41.8 Å². The second kappa shape index (κ2) is 6.30. The fourth-order valence-corrected chi connectivity index (χ4v) is 2.95. The molecule has 0 aliphatic carbocycles. The molecule has 1 aliphatic rings. The molecular weight excluding hydrogens is 324 g/mol. The summed E-state index contributed by atoms with van der Waals surface area (Å²) in [6, 6.07) is 2.91. The zero-order chi connectivity index (χ0) is 17.2. The Hall–Kier alpha value is -3.30. The molecule has 1 fully saturated rings. The van der Waals surface area contributed by atoms with Gasteiger partial charge in [-0.1, -0.05) is 0 Å². The molecule has 1 atom stereocenters. The molecule has 4 rings (SSSR count). The summed E-state index contributed by atoms with van der Waals surface area (Å²) < 4.78 is 2.95. The van der Waals surface area contributed by atoms with Crippen LogP contribution in [-0.2, 0) is 11.3 Å². The third-order valence-corrected chi connectivity index (χ3v) is 4.13. The quantitative estimate of drug-likeness (QED) is 0.654. The van der Waals surface area contributed by atoms with Gasteiger partial charge in [-0.2, -0.15) is 5.10 Å². The summed E-state index contributed by atoms with van der Waals surface area (Å²) in [7, 11) is 0. The lowest BCUT2D eigenvalue weighted by Gasteiger charge is -2.18. The van der Waals surface area contributed by atoms with Gasteiger partial charge < -0.3 is 10.2 Å². The van der Waals surface area contributed by atoms with Gasteiger partial charge in [0.1, 0.15) is 12.9 Å².